The summed E-state index contributed by atoms with van der Waals surface area (Å²) in [5.74, 6) is -4.35. The molecule has 0 fully saturated rings. The van der Waals surface area contributed by atoms with Crippen LogP contribution in [0.5, 0.6) is 0 Å². The maximum Gasteiger partial charge on any atom is 0.334 e. The highest BCUT2D eigenvalue weighted by Gasteiger charge is 2.15. The number of hydrogen-bond acceptors (Lipinski definition) is 4. The zero-order valence-corrected chi connectivity index (χ0v) is 12.2. The summed E-state index contributed by atoms with van der Waals surface area (Å²) >= 11 is 0.828. The molecule has 1 aromatic rings. The first kappa shape index (κ1) is 17.3. The van der Waals surface area contributed by atoms with Gasteiger partial charge in [-0.15, -0.1) is 0 Å². The zero-order valence-electron chi connectivity index (χ0n) is 11.4. The first-order chi connectivity index (χ1) is 9.85. The molecule has 0 saturated carbocycles. The summed E-state index contributed by atoms with van der Waals surface area (Å²) in [6, 6.07) is 1.03. The molecule has 0 spiro atoms. The van der Waals surface area contributed by atoms with Crippen LogP contribution >= 0.6 is 11.8 Å². The van der Waals surface area contributed by atoms with Gasteiger partial charge in [0.1, 0.15) is 5.82 Å². The van der Waals surface area contributed by atoms with Gasteiger partial charge in [-0.3, -0.25) is 4.79 Å². The largest absolute Gasteiger partial charge is 0.463 e. The van der Waals surface area contributed by atoms with E-state index in [9.17, 15) is 22.8 Å². The van der Waals surface area contributed by atoms with Gasteiger partial charge < -0.3 is 4.74 Å². The lowest BCUT2D eigenvalue weighted by molar-refractivity contribution is -0.138. The number of halogens is 3. The summed E-state index contributed by atoms with van der Waals surface area (Å²) in [6.45, 7) is 3.00. The summed E-state index contributed by atoms with van der Waals surface area (Å²) in [7, 11) is 0. The predicted molar refractivity (Wildman–Crippen MR) is 74.1 cm³/mol. The van der Waals surface area contributed by atoms with Crippen molar-refractivity contribution in [2.45, 2.75) is 13.8 Å². The van der Waals surface area contributed by atoms with E-state index in [0.29, 0.717) is 12.1 Å². The molecule has 21 heavy (non-hydrogen) atoms. The Morgan fingerprint density at radius 2 is 1.81 bits per heavy atom. The molecule has 0 aliphatic rings. The van der Waals surface area contributed by atoms with Gasteiger partial charge in [0.25, 0.3) is 0 Å². The van der Waals surface area contributed by atoms with Crippen LogP contribution in [0.4, 0.5) is 13.2 Å². The van der Waals surface area contributed by atoms with E-state index in [-0.39, 0.29) is 28.6 Å². The molecule has 0 radical (unpaired) electrons. The van der Waals surface area contributed by atoms with Gasteiger partial charge in [0.2, 0.25) is 0 Å². The van der Waals surface area contributed by atoms with Crippen LogP contribution in [-0.4, -0.2) is 23.4 Å². The average molecular weight is 318 g/mol. The number of rotatable bonds is 5. The Bertz CT molecular complexity index is 585. The third kappa shape index (κ3) is 5.26. The Labute approximate surface area is 124 Å². The molecule has 1 rings (SSSR count). The molecule has 0 aromatic heterocycles. The Kier molecular flexibility index (Phi) is 6.48. The molecule has 0 amide bonds. The Morgan fingerprint density at radius 1 is 1.19 bits per heavy atom. The van der Waals surface area contributed by atoms with Gasteiger partial charge in [0, 0.05) is 29.9 Å². The van der Waals surface area contributed by atoms with Crippen molar-refractivity contribution in [2.75, 3.05) is 12.4 Å². The second kappa shape index (κ2) is 7.87. The highest BCUT2D eigenvalue weighted by molar-refractivity contribution is 8.13. The molecule has 1 aromatic carbocycles. The smallest absolute Gasteiger partial charge is 0.334 e. The van der Waals surface area contributed by atoms with Crippen molar-refractivity contribution in [3.8, 4) is 0 Å². The van der Waals surface area contributed by atoms with Crippen molar-refractivity contribution in [3.63, 3.8) is 0 Å². The summed E-state index contributed by atoms with van der Waals surface area (Å²) in [4.78, 5) is 22.7. The van der Waals surface area contributed by atoms with E-state index in [4.69, 9.17) is 4.74 Å². The van der Waals surface area contributed by atoms with E-state index in [0.717, 1.165) is 17.8 Å². The third-order valence-electron chi connectivity index (χ3n) is 2.34. The minimum Gasteiger partial charge on any atom is -0.463 e. The highest BCUT2D eigenvalue weighted by atomic mass is 32.2. The predicted octanol–water partition coefficient (Wildman–Crippen LogP) is 3.33. The molecule has 0 aliphatic carbocycles. The number of carbonyl (C=O) groups is 2. The normalized spacial score (nSPS) is 11.4. The third-order valence-corrected chi connectivity index (χ3v) is 3.20. The van der Waals surface area contributed by atoms with Crippen molar-refractivity contribution in [1.82, 2.24) is 0 Å². The fraction of sp³-hybridized carbons (Fsp3) is 0.286. The van der Waals surface area contributed by atoms with Gasteiger partial charge >= 0.3 is 5.97 Å². The van der Waals surface area contributed by atoms with Crippen molar-refractivity contribution in [2.24, 2.45) is 0 Å². The zero-order chi connectivity index (χ0) is 16.0. The molecule has 0 unspecified atom stereocenters. The molecule has 0 bridgehead atoms. The Hall–Kier alpha value is -1.76. The molecular formula is C14H13F3O3S. The molecule has 7 heteroatoms. The van der Waals surface area contributed by atoms with Crippen LogP contribution in [0.3, 0.4) is 0 Å². The van der Waals surface area contributed by atoms with Crippen LogP contribution in [0.15, 0.2) is 17.7 Å². The fourth-order valence-electron chi connectivity index (χ4n) is 1.40. The van der Waals surface area contributed by atoms with Gasteiger partial charge in [-0.05, 0) is 19.1 Å². The summed E-state index contributed by atoms with van der Waals surface area (Å²) < 4.78 is 44.3. The SMILES string of the molecule is CCOC(=O)/C(=C/c1cc(F)c(F)cc1F)CSC(C)=O. The van der Waals surface area contributed by atoms with Crippen LogP contribution in [0, 0.1) is 17.5 Å². The average Bonchev–Trinajstić information content (AvgIpc) is 2.40. The number of esters is 1. The molecule has 0 saturated heterocycles. The van der Waals surface area contributed by atoms with Gasteiger partial charge in [0.05, 0.1) is 6.61 Å². The van der Waals surface area contributed by atoms with E-state index >= 15 is 0 Å². The molecule has 0 N–H and O–H groups in total. The van der Waals surface area contributed by atoms with Crippen LogP contribution in [0.2, 0.25) is 0 Å². The molecular weight excluding hydrogens is 305 g/mol. The summed E-state index contributed by atoms with van der Waals surface area (Å²) in [6.07, 6.45) is 1.05. The number of ether oxygens (including phenoxy) is 1. The van der Waals surface area contributed by atoms with Gasteiger partial charge in [0.15, 0.2) is 16.7 Å². The van der Waals surface area contributed by atoms with E-state index in [1.807, 2.05) is 0 Å². The minimum atomic E-state index is -1.32. The quantitative estimate of drug-likeness (QED) is 0.474. The van der Waals surface area contributed by atoms with Crippen molar-refractivity contribution >= 4 is 28.9 Å². The monoisotopic (exact) mass is 318 g/mol. The van der Waals surface area contributed by atoms with Crippen molar-refractivity contribution in [3.05, 3.63) is 40.7 Å². The number of carbonyl (C=O) groups excluding carboxylic acids is 2. The van der Waals surface area contributed by atoms with Crippen LogP contribution in [0.25, 0.3) is 6.08 Å². The van der Waals surface area contributed by atoms with Crippen LogP contribution in [-0.2, 0) is 14.3 Å². The summed E-state index contributed by atoms with van der Waals surface area (Å²) in [5, 5.41) is -0.240. The fourth-order valence-corrected chi connectivity index (χ4v) is 1.96. The topological polar surface area (TPSA) is 43.4 Å². The van der Waals surface area contributed by atoms with Crippen LogP contribution < -0.4 is 0 Å². The lowest BCUT2D eigenvalue weighted by Crippen LogP contribution is -2.10. The van der Waals surface area contributed by atoms with E-state index in [1.54, 1.807) is 6.92 Å². The first-order valence-corrected chi connectivity index (χ1v) is 6.99. The maximum absolute atomic E-state index is 13.6. The maximum atomic E-state index is 13.6. The lowest BCUT2D eigenvalue weighted by Gasteiger charge is -2.07. The minimum absolute atomic E-state index is 0.0121. The van der Waals surface area contributed by atoms with E-state index < -0.39 is 23.4 Å². The Balaban J connectivity index is 3.14. The molecule has 0 heterocycles. The summed E-state index contributed by atoms with van der Waals surface area (Å²) in [5.41, 5.74) is -0.303. The lowest BCUT2D eigenvalue weighted by atomic mass is 10.1. The molecule has 0 atom stereocenters. The standard InChI is InChI=1S/C14H13F3O3S/c1-3-20-14(19)10(7-21-8(2)18)4-9-5-12(16)13(17)6-11(9)15/h4-6H,3,7H2,1-2H3/b10-4+. The van der Waals surface area contributed by atoms with Crippen molar-refractivity contribution in [1.29, 1.82) is 0 Å². The second-order valence-corrected chi connectivity index (χ2v) is 5.11. The van der Waals surface area contributed by atoms with Gasteiger partial charge in [-0.1, -0.05) is 11.8 Å². The molecule has 3 nitrogen and oxygen atoms in total. The highest BCUT2D eigenvalue weighted by Crippen LogP contribution is 2.19. The van der Waals surface area contributed by atoms with Crippen LogP contribution in [0.1, 0.15) is 19.4 Å². The van der Waals surface area contributed by atoms with E-state index in [2.05, 4.69) is 0 Å². The van der Waals surface area contributed by atoms with Gasteiger partial charge in [-0.25, -0.2) is 18.0 Å². The number of thioether (sulfide) groups is 1. The van der Waals surface area contributed by atoms with Crippen molar-refractivity contribution < 1.29 is 27.5 Å². The Morgan fingerprint density at radius 3 is 2.38 bits per heavy atom. The molecule has 114 valence electrons. The molecule has 0 aliphatic heterocycles. The second-order valence-electron chi connectivity index (χ2n) is 3.96. The first-order valence-electron chi connectivity index (χ1n) is 6.00. The van der Waals surface area contributed by atoms with E-state index in [1.165, 1.54) is 6.92 Å². The number of hydrogen-bond donors (Lipinski definition) is 0. The van der Waals surface area contributed by atoms with Gasteiger partial charge in [-0.2, -0.15) is 0 Å². The number of benzene rings is 1.